The number of fused-ring (bicyclic) bond motifs is 1. The van der Waals surface area contributed by atoms with E-state index in [2.05, 4.69) is 28.9 Å². The molecule has 1 aliphatic heterocycles. The molecule has 4 rings (SSSR count). The Morgan fingerprint density at radius 3 is 2.50 bits per heavy atom. The van der Waals surface area contributed by atoms with Crippen LogP contribution in [0.1, 0.15) is 24.3 Å². The Morgan fingerprint density at radius 1 is 1.04 bits per heavy atom. The number of nitrogens with zero attached hydrogens (tertiary/aromatic N) is 3. The van der Waals surface area contributed by atoms with E-state index in [9.17, 15) is 5.11 Å². The van der Waals surface area contributed by atoms with Crippen molar-refractivity contribution >= 4 is 16.6 Å². The number of anilines is 1. The summed E-state index contributed by atoms with van der Waals surface area (Å²) in [5.74, 6) is 1.63. The zero-order valence-corrected chi connectivity index (χ0v) is 16.5. The van der Waals surface area contributed by atoms with Crippen LogP contribution in [0.2, 0.25) is 0 Å². The van der Waals surface area contributed by atoms with Gasteiger partial charge >= 0.3 is 0 Å². The molecule has 1 fully saturated rings. The highest BCUT2D eigenvalue weighted by molar-refractivity contribution is 5.92. The maximum atomic E-state index is 11.1. The molecule has 0 bridgehead atoms. The van der Waals surface area contributed by atoms with Crippen molar-refractivity contribution in [3.05, 3.63) is 65.9 Å². The summed E-state index contributed by atoms with van der Waals surface area (Å²) in [7, 11) is 1.62. The molecule has 5 nitrogen and oxygen atoms in total. The third-order valence-corrected chi connectivity index (χ3v) is 5.57. The maximum Gasteiger partial charge on any atom is 0.136 e. The number of ether oxygens (including phenoxy) is 1. The third kappa shape index (κ3) is 3.55. The Bertz CT molecular complexity index is 951. The standard InChI is InChI=1S/C23H27N3O2/c1-3-25-12-14-26(15-13-25)23-18-9-5-4-8-17(18)16-20(24-23)22(27)19-10-6-7-11-21(19)28-2/h4-11,16,22,27H,3,12-15H2,1-2H3. The van der Waals surface area contributed by atoms with Gasteiger partial charge < -0.3 is 19.6 Å². The lowest BCUT2D eigenvalue weighted by Crippen LogP contribution is -2.46. The number of hydrogen-bond donors (Lipinski definition) is 1. The first-order valence-corrected chi connectivity index (χ1v) is 9.89. The molecule has 0 amide bonds. The second-order valence-electron chi connectivity index (χ2n) is 7.16. The van der Waals surface area contributed by atoms with E-state index >= 15 is 0 Å². The monoisotopic (exact) mass is 377 g/mol. The van der Waals surface area contributed by atoms with E-state index in [1.165, 1.54) is 0 Å². The molecule has 5 heteroatoms. The first-order valence-electron chi connectivity index (χ1n) is 9.89. The molecule has 1 unspecified atom stereocenters. The fourth-order valence-corrected chi connectivity index (χ4v) is 3.91. The summed E-state index contributed by atoms with van der Waals surface area (Å²) in [5, 5.41) is 13.3. The molecule has 1 atom stereocenters. The second-order valence-corrected chi connectivity index (χ2v) is 7.16. The fraction of sp³-hybridized carbons (Fsp3) is 0.348. The van der Waals surface area contributed by atoms with Crippen molar-refractivity contribution in [2.24, 2.45) is 0 Å². The van der Waals surface area contributed by atoms with Crippen LogP contribution in [0.5, 0.6) is 5.75 Å². The van der Waals surface area contributed by atoms with Gasteiger partial charge in [0.05, 0.1) is 12.8 Å². The van der Waals surface area contributed by atoms with Crippen LogP contribution in [0.3, 0.4) is 0 Å². The number of methoxy groups -OCH3 is 1. The number of piperazine rings is 1. The summed E-state index contributed by atoms with van der Waals surface area (Å²) in [6, 6.07) is 17.8. The lowest BCUT2D eigenvalue weighted by atomic mass is 10.0. The summed E-state index contributed by atoms with van der Waals surface area (Å²) in [4.78, 5) is 9.72. The number of aliphatic hydroxyl groups is 1. The van der Waals surface area contributed by atoms with Crippen LogP contribution in [0, 0.1) is 0 Å². The summed E-state index contributed by atoms with van der Waals surface area (Å²) in [6.07, 6.45) is -0.837. The largest absolute Gasteiger partial charge is 0.496 e. The van der Waals surface area contributed by atoms with E-state index in [0.717, 1.165) is 54.9 Å². The van der Waals surface area contributed by atoms with Crippen LogP contribution in [-0.2, 0) is 0 Å². The topological polar surface area (TPSA) is 48.8 Å². The molecule has 0 spiro atoms. The zero-order chi connectivity index (χ0) is 19.5. The molecular formula is C23H27N3O2. The number of aliphatic hydroxyl groups excluding tert-OH is 1. The van der Waals surface area contributed by atoms with Crippen molar-refractivity contribution in [2.75, 3.05) is 44.7 Å². The fourth-order valence-electron chi connectivity index (χ4n) is 3.91. The van der Waals surface area contributed by atoms with E-state index in [-0.39, 0.29) is 0 Å². The average Bonchev–Trinajstić information content (AvgIpc) is 2.77. The molecule has 0 aliphatic carbocycles. The normalized spacial score (nSPS) is 16.3. The van der Waals surface area contributed by atoms with Crippen molar-refractivity contribution in [3.63, 3.8) is 0 Å². The molecule has 1 N–H and O–H groups in total. The minimum atomic E-state index is -0.837. The highest BCUT2D eigenvalue weighted by atomic mass is 16.5. The second kappa shape index (κ2) is 8.17. The minimum Gasteiger partial charge on any atom is -0.496 e. The van der Waals surface area contributed by atoms with Crippen LogP contribution in [0.4, 0.5) is 5.82 Å². The van der Waals surface area contributed by atoms with Crippen molar-refractivity contribution in [3.8, 4) is 5.75 Å². The Hall–Kier alpha value is -2.63. The number of rotatable bonds is 5. The first kappa shape index (κ1) is 18.7. The number of aromatic nitrogens is 1. The van der Waals surface area contributed by atoms with Gasteiger partial charge in [-0.15, -0.1) is 0 Å². The zero-order valence-electron chi connectivity index (χ0n) is 16.5. The van der Waals surface area contributed by atoms with Crippen molar-refractivity contribution < 1.29 is 9.84 Å². The Morgan fingerprint density at radius 2 is 1.75 bits per heavy atom. The van der Waals surface area contributed by atoms with Crippen molar-refractivity contribution in [1.29, 1.82) is 0 Å². The van der Waals surface area contributed by atoms with Gasteiger partial charge in [-0.2, -0.15) is 0 Å². The molecule has 1 aliphatic rings. The third-order valence-electron chi connectivity index (χ3n) is 5.57. The van der Waals surface area contributed by atoms with Gasteiger partial charge in [0, 0.05) is 37.1 Å². The molecule has 2 heterocycles. The van der Waals surface area contributed by atoms with Gasteiger partial charge in [-0.05, 0) is 24.1 Å². The van der Waals surface area contributed by atoms with Crippen molar-refractivity contribution in [1.82, 2.24) is 9.88 Å². The highest BCUT2D eigenvalue weighted by Crippen LogP contribution is 2.33. The van der Waals surface area contributed by atoms with Crippen LogP contribution < -0.4 is 9.64 Å². The van der Waals surface area contributed by atoms with Gasteiger partial charge in [0.15, 0.2) is 0 Å². The molecule has 0 saturated carbocycles. The van der Waals surface area contributed by atoms with E-state index in [1.54, 1.807) is 7.11 Å². The Labute approximate surface area is 166 Å². The predicted molar refractivity (Wildman–Crippen MR) is 113 cm³/mol. The van der Waals surface area contributed by atoms with Crippen LogP contribution >= 0.6 is 0 Å². The maximum absolute atomic E-state index is 11.1. The number of hydrogen-bond acceptors (Lipinski definition) is 5. The van der Waals surface area contributed by atoms with Crippen LogP contribution in [0.25, 0.3) is 10.8 Å². The highest BCUT2D eigenvalue weighted by Gasteiger charge is 2.22. The van der Waals surface area contributed by atoms with E-state index in [0.29, 0.717) is 11.4 Å². The molecule has 0 radical (unpaired) electrons. The molecule has 3 aromatic rings. The van der Waals surface area contributed by atoms with E-state index in [4.69, 9.17) is 9.72 Å². The number of benzene rings is 2. The van der Waals surface area contributed by atoms with Gasteiger partial charge in [-0.3, -0.25) is 0 Å². The first-order chi connectivity index (χ1) is 13.7. The summed E-state index contributed by atoms with van der Waals surface area (Å²) in [6.45, 7) is 7.23. The Kier molecular flexibility index (Phi) is 5.46. The molecule has 1 aromatic heterocycles. The quantitative estimate of drug-likeness (QED) is 0.738. The van der Waals surface area contributed by atoms with Gasteiger partial charge in [0.1, 0.15) is 17.7 Å². The summed E-state index contributed by atoms with van der Waals surface area (Å²) >= 11 is 0. The summed E-state index contributed by atoms with van der Waals surface area (Å²) in [5.41, 5.74) is 1.38. The number of pyridine rings is 1. The van der Waals surface area contributed by atoms with Crippen LogP contribution in [-0.4, -0.2) is 54.8 Å². The summed E-state index contributed by atoms with van der Waals surface area (Å²) < 4.78 is 5.44. The molecule has 2 aromatic carbocycles. The van der Waals surface area contributed by atoms with Gasteiger partial charge in [-0.1, -0.05) is 49.4 Å². The number of para-hydroxylation sites is 1. The van der Waals surface area contributed by atoms with E-state index < -0.39 is 6.10 Å². The lowest BCUT2D eigenvalue weighted by molar-refractivity contribution is 0.210. The molecule has 28 heavy (non-hydrogen) atoms. The van der Waals surface area contributed by atoms with Crippen LogP contribution in [0.15, 0.2) is 54.6 Å². The molecular weight excluding hydrogens is 350 g/mol. The van der Waals surface area contributed by atoms with Gasteiger partial charge in [-0.25, -0.2) is 4.98 Å². The van der Waals surface area contributed by atoms with E-state index in [1.807, 2.05) is 42.5 Å². The average molecular weight is 377 g/mol. The predicted octanol–water partition coefficient (Wildman–Crippen LogP) is 3.47. The minimum absolute atomic E-state index is 0.649. The smallest absolute Gasteiger partial charge is 0.136 e. The molecule has 1 saturated heterocycles. The van der Waals surface area contributed by atoms with Crippen molar-refractivity contribution in [2.45, 2.75) is 13.0 Å². The Balaban J connectivity index is 1.76. The van der Waals surface area contributed by atoms with Gasteiger partial charge in [0.2, 0.25) is 0 Å². The lowest BCUT2D eigenvalue weighted by Gasteiger charge is -2.35. The van der Waals surface area contributed by atoms with Gasteiger partial charge in [0.25, 0.3) is 0 Å². The SMILES string of the molecule is CCN1CCN(c2nc(C(O)c3ccccc3OC)cc3ccccc23)CC1. The molecule has 146 valence electrons. The number of likely N-dealkylation sites (N-methyl/N-ethyl adjacent to an activating group) is 1.